The number of carbonyl (C=O) groups excluding carboxylic acids is 2. The van der Waals surface area contributed by atoms with Crippen LogP contribution in [0, 0.1) is 5.92 Å². The number of ether oxygens (including phenoxy) is 2. The molecule has 3 aromatic rings. The molecule has 1 aliphatic rings. The molecule has 1 aliphatic heterocycles. The Hall–Kier alpha value is -2.55. The van der Waals surface area contributed by atoms with Crippen LogP contribution in [-0.2, 0) is 17.7 Å². The Kier molecular flexibility index (Phi) is 7.45. The lowest BCUT2D eigenvalue weighted by atomic mass is 9.89. The van der Waals surface area contributed by atoms with E-state index in [4.69, 9.17) is 37.1 Å². The molecular weight excluding hydrogens is 559 g/mol. The fourth-order valence-corrected chi connectivity index (χ4v) is 4.66. The maximum absolute atomic E-state index is 13.4. The Labute approximate surface area is 220 Å². The van der Waals surface area contributed by atoms with Crippen LogP contribution in [0.2, 0.25) is 10.0 Å². The van der Waals surface area contributed by atoms with E-state index in [0.29, 0.717) is 38.8 Å². The van der Waals surface area contributed by atoms with Gasteiger partial charge in [-0.25, -0.2) is 4.79 Å². The highest BCUT2D eigenvalue weighted by Crippen LogP contribution is 2.37. The second kappa shape index (κ2) is 10.2. The van der Waals surface area contributed by atoms with Gasteiger partial charge in [-0.15, -0.1) is 4.99 Å². The summed E-state index contributed by atoms with van der Waals surface area (Å²) in [5, 5.41) is 0.915. The van der Waals surface area contributed by atoms with E-state index in [1.54, 1.807) is 49.7 Å². The van der Waals surface area contributed by atoms with E-state index in [0.717, 1.165) is 11.1 Å². The minimum atomic E-state index is -0.749. The predicted octanol–water partition coefficient (Wildman–Crippen LogP) is 6.47. The molecule has 7 nitrogen and oxygen atoms in total. The summed E-state index contributed by atoms with van der Waals surface area (Å²) in [6, 6.07) is 9.00. The van der Waals surface area contributed by atoms with Crippen molar-refractivity contribution in [2.75, 3.05) is 6.61 Å². The smallest absolute Gasteiger partial charge is 0.438 e. The number of hydrogen-bond donors (Lipinski definition) is 0. The molecule has 0 fully saturated rings. The number of nitrogens with zero attached hydrogens (tertiary/aromatic N) is 2. The average molecular weight is 582 g/mol. The van der Waals surface area contributed by atoms with Gasteiger partial charge in [-0.1, -0.05) is 29.3 Å². The summed E-state index contributed by atoms with van der Waals surface area (Å²) in [7, 11) is 0. The number of oxazole rings is 1. The number of fused-ring (bicyclic) bond motifs is 1. The van der Waals surface area contributed by atoms with Crippen LogP contribution in [0.4, 0.5) is 4.79 Å². The van der Waals surface area contributed by atoms with E-state index >= 15 is 0 Å². The van der Waals surface area contributed by atoms with Crippen molar-refractivity contribution in [3.05, 3.63) is 79.7 Å². The van der Waals surface area contributed by atoms with Crippen LogP contribution in [0.5, 0.6) is 5.75 Å². The molecule has 0 unspecified atom stereocenters. The number of amides is 1. The standard InChI is InChI=1S/C25H23BrCl2N2O5/c1-25(2,3)35-24(32)29-23-30(6-7-33-23)12-15-9-17-21(31)16(13-34-22(17)18(26)10-15)8-14-4-5-19(27)20(28)11-14/h4-7,9-11,16H,8,12-13H2,1-3H3/t16-/m0/s1. The van der Waals surface area contributed by atoms with Crippen LogP contribution in [0.25, 0.3) is 0 Å². The van der Waals surface area contributed by atoms with Gasteiger partial charge in [0.2, 0.25) is 0 Å². The van der Waals surface area contributed by atoms with Gasteiger partial charge in [-0.05, 0) is 78.5 Å². The number of Topliss-reactive ketones (excluding diaryl/α,β-unsaturated/α-hetero) is 1. The third-order valence-corrected chi connectivity index (χ3v) is 6.56. The molecule has 1 aromatic heterocycles. The number of hydrogen-bond acceptors (Lipinski definition) is 5. The molecule has 10 heteroatoms. The molecule has 0 N–H and O–H groups in total. The average Bonchev–Trinajstić information content (AvgIpc) is 3.18. The summed E-state index contributed by atoms with van der Waals surface area (Å²) in [4.78, 5) is 29.4. The van der Waals surface area contributed by atoms with Crippen molar-refractivity contribution in [3.8, 4) is 5.75 Å². The first-order valence-corrected chi connectivity index (χ1v) is 12.4. The number of aromatic nitrogens is 1. The topological polar surface area (TPSA) is 83.0 Å². The first-order valence-electron chi connectivity index (χ1n) is 10.8. The SMILES string of the molecule is CC(C)(C)OC(=O)N=c1occn1Cc1cc(Br)c2c(c1)C(=O)[C@@H](Cc1ccc(Cl)c(Cl)c1)CO2. The summed E-state index contributed by atoms with van der Waals surface area (Å²) in [5.41, 5.74) is 1.61. The largest absolute Gasteiger partial charge is 0.491 e. The highest BCUT2D eigenvalue weighted by molar-refractivity contribution is 9.10. The van der Waals surface area contributed by atoms with Gasteiger partial charge in [0.1, 0.15) is 17.6 Å². The van der Waals surface area contributed by atoms with Crippen LogP contribution < -0.4 is 10.4 Å². The van der Waals surface area contributed by atoms with E-state index in [9.17, 15) is 9.59 Å². The van der Waals surface area contributed by atoms with Gasteiger partial charge in [-0.3, -0.25) is 9.36 Å². The van der Waals surface area contributed by atoms with E-state index in [1.165, 1.54) is 6.26 Å². The normalized spacial score (nSPS) is 16.1. The zero-order valence-corrected chi connectivity index (χ0v) is 22.4. The molecule has 2 aromatic carbocycles. The van der Waals surface area contributed by atoms with Gasteiger partial charge in [0.25, 0.3) is 0 Å². The third-order valence-electron chi connectivity index (χ3n) is 5.23. The lowest BCUT2D eigenvalue weighted by Crippen LogP contribution is -2.30. The van der Waals surface area contributed by atoms with Gasteiger partial charge < -0.3 is 13.9 Å². The highest BCUT2D eigenvalue weighted by atomic mass is 79.9. The Morgan fingerprint density at radius 2 is 1.97 bits per heavy atom. The van der Waals surface area contributed by atoms with Crippen LogP contribution in [0.1, 0.15) is 42.3 Å². The number of halogens is 3. The lowest BCUT2D eigenvalue weighted by Gasteiger charge is -2.26. The minimum Gasteiger partial charge on any atom is -0.491 e. The number of rotatable bonds is 4. The maximum atomic E-state index is 13.4. The molecule has 0 aliphatic carbocycles. The molecule has 1 amide bonds. The van der Waals surface area contributed by atoms with Crippen molar-refractivity contribution in [3.63, 3.8) is 0 Å². The number of carbonyl (C=O) groups is 2. The van der Waals surface area contributed by atoms with E-state index < -0.39 is 11.7 Å². The summed E-state index contributed by atoms with van der Waals surface area (Å²) in [6.07, 6.45) is 2.81. The second-order valence-corrected chi connectivity index (χ2v) is 10.9. The van der Waals surface area contributed by atoms with Crippen LogP contribution >= 0.6 is 39.1 Å². The summed E-state index contributed by atoms with van der Waals surface area (Å²) >= 11 is 15.7. The molecule has 0 radical (unpaired) electrons. The van der Waals surface area contributed by atoms with E-state index in [2.05, 4.69) is 20.9 Å². The molecule has 4 rings (SSSR count). The molecular formula is C25H23BrCl2N2O5. The van der Waals surface area contributed by atoms with E-state index in [1.807, 2.05) is 12.1 Å². The third kappa shape index (κ3) is 6.18. The Morgan fingerprint density at radius 3 is 2.69 bits per heavy atom. The fraction of sp³-hybridized carbons (Fsp3) is 0.320. The lowest BCUT2D eigenvalue weighted by molar-refractivity contribution is 0.0589. The predicted molar refractivity (Wildman–Crippen MR) is 135 cm³/mol. The monoisotopic (exact) mass is 580 g/mol. The number of ketones is 1. The summed E-state index contributed by atoms with van der Waals surface area (Å²) in [5.74, 6) is 0.136. The molecule has 35 heavy (non-hydrogen) atoms. The van der Waals surface area contributed by atoms with E-state index in [-0.39, 0.29) is 24.0 Å². The van der Waals surface area contributed by atoms with Gasteiger partial charge in [0, 0.05) is 6.20 Å². The first kappa shape index (κ1) is 25.5. The van der Waals surface area contributed by atoms with Gasteiger partial charge in [0.15, 0.2) is 5.78 Å². The summed E-state index contributed by atoms with van der Waals surface area (Å²) in [6.45, 7) is 5.85. The zero-order chi connectivity index (χ0) is 25.3. The van der Waals surface area contributed by atoms with Crippen molar-refractivity contribution >= 4 is 51.0 Å². The molecule has 2 heterocycles. The van der Waals surface area contributed by atoms with Crippen LogP contribution in [0.3, 0.4) is 0 Å². The molecule has 0 bridgehead atoms. The van der Waals surface area contributed by atoms with Gasteiger partial charge >= 0.3 is 11.8 Å². The van der Waals surface area contributed by atoms with Crippen molar-refractivity contribution in [1.82, 2.24) is 4.57 Å². The maximum Gasteiger partial charge on any atom is 0.438 e. The molecule has 0 spiro atoms. The molecule has 184 valence electrons. The molecule has 0 saturated carbocycles. The van der Waals surface area contributed by atoms with Crippen molar-refractivity contribution in [2.45, 2.75) is 39.3 Å². The fourth-order valence-electron chi connectivity index (χ4n) is 3.72. The van der Waals surface area contributed by atoms with Crippen LogP contribution in [-0.4, -0.2) is 28.7 Å². The molecule has 0 saturated heterocycles. The highest BCUT2D eigenvalue weighted by Gasteiger charge is 2.31. The van der Waals surface area contributed by atoms with Gasteiger partial charge in [-0.2, -0.15) is 0 Å². The van der Waals surface area contributed by atoms with Crippen molar-refractivity contribution < 1.29 is 23.5 Å². The van der Waals surface area contributed by atoms with Gasteiger partial charge in [0.05, 0.1) is 39.2 Å². The Balaban J connectivity index is 1.57. The minimum absolute atomic E-state index is 0.0178. The Morgan fingerprint density at radius 1 is 1.20 bits per heavy atom. The second-order valence-electron chi connectivity index (χ2n) is 9.18. The van der Waals surface area contributed by atoms with Crippen molar-refractivity contribution in [1.29, 1.82) is 0 Å². The van der Waals surface area contributed by atoms with Crippen molar-refractivity contribution in [2.24, 2.45) is 10.9 Å². The Bertz CT molecular complexity index is 1360. The summed E-state index contributed by atoms with van der Waals surface area (Å²) < 4.78 is 18.9. The quantitative estimate of drug-likeness (QED) is 0.353. The number of benzene rings is 2. The zero-order valence-electron chi connectivity index (χ0n) is 19.3. The first-order chi connectivity index (χ1) is 16.5. The van der Waals surface area contributed by atoms with Crippen LogP contribution in [0.15, 0.2) is 56.7 Å². The molecule has 1 atom stereocenters.